The fourth-order valence-corrected chi connectivity index (χ4v) is 2.79. The summed E-state index contributed by atoms with van der Waals surface area (Å²) in [4.78, 5) is 22.1. The van der Waals surface area contributed by atoms with Gasteiger partial charge in [0.05, 0.1) is 12.6 Å². The summed E-state index contributed by atoms with van der Waals surface area (Å²) in [6.07, 6.45) is 1.50. The van der Waals surface area contributed by atoms with Crippen LogP contribution >= 0.6 is 0 Å². The van der Waals surface area contributed by atoms with Crippen LogP contribution in [0.25, 0.3) is 10.9 Å². The van der Waals surface area contributed by atoms with Gasteiger partial charge in [0.2, 0.25) is 0 Å². The first kappa shape index (κ1) is 19.4. The number of rotatable bonds is 6. The van der Waals surface area contributed by atoms with Gasteiger partial charge in [-0.1, -0.05) is 17.7 Å². The molecule has 28 heavy (non-hydrogen) atoms. The Morgan fingerprint density at radius 1 is 1.11 bits per heavy atom. The molecule has 3 aromatic rings. The van der Waals surface area contributed by atoms with Gasteiger partial charge in [-0.15, -0.1) is 0 Å². The lowest BCUT2D eigenvalue weighted by Crippen LogP contribution is -2.27. The SMILES string of the molecule is COc1cc2ncnc(Nc3ccc(C)cc3C)c2cc1OCC(=O)N(C)C. The van der Waals surface area contributed by atoms with Crippen molar-refractivity contribution in [2.75, 3.05) is 33.1 Å². The normalized spacial score (nSPS) is 10.6. The Labute approximate surface area is 164 Å². The highest BCUT2D eigenvalue weighted by Gasteiger charge is 2.14. The molecular formula is C21H24N4O3. The number of carbonyl (C=O) groups is 1. The highest BCUT2D eigenvalue weighted by molar-refractivity contribution is 5.93. The maximum atomic E-state index is 11.9. The second kappa shape index (κ2) is 8.12. The first-order valence-electron chi connectivity index (χ1n) is 8.89. The first-order chi connectivity index (χ1) is 13.4. The number of nitrogens with one attached hydrogen (secondary N) is 1. The van der Waals surface area contributed by atoms with Crippen LogP contribution in [0, 0.1) is 13.8 Å². The number of aryl methyl sites for hydroxylation is 2. The average molecular weight is 380 g/mol. The Kier molecular flexibility index (Phi) is 5.63. The lowest BCUT2D eigenvalue weighted by molar-refractivity contribution is -0.130. The third-order valence-corrected chi connectivity index (χ3v) is 4.41. The van der Waals surface area contributed by atoms with Crippen molar-refractivity contribution in [1.82, 2.24) is 14.9 Å². The summed E-state index contributed by atoms with van der Waals surface area (Å²) >= 11 is 0. The van der Waals surface area contributed by atoms with Gasteiger partial charge in [-0.3, -0.25) is 4.79 Å². The molecule has 0 aliphatic heterocycles. The Bertz CT molecular complexity index is 1020. The fraction of sp³-hybridized carbons (Fsp3) is 0.286. The number of aromatic nitrogens is 2. The van der Waals surface area contributed by atoms with Crippen LogP contribution in [-0.2, 0) is 4.79 Å². The number of amides is 1. The Hall–Kier alpha value is -3.35. The van der Waals surface area contributed by atoms with E-state index in [0.717, 1.165) is 16.6 Å². The summed E-state index contributed by atoms with van der Waals surface area (Å²) < 4.78 is 11.1. The van der Waals surface area contributed by atoms with Crippen LogP contribution in [0.1, 0.15) is 11.1 Å². The van der Waals surface area contributed by atoms with E-state index >= 15 is 0 Å². The molecule has 0 unspecified atom stereocenters. The number of ether oxygens (including phenoxy) is 2. The van der Waals surface area contributed by atoms with Gasteiger partial charge >= 0.3 is 0 Å². The zero-order chi connectivity index (χ0) is 20.3. The Morgan fingerprint density at radius 3 is 2.57 bits per heavy atom. The summed E-state index contributed by atoms with van der Waals surface area (Å²) in [5, 5.41) is 4.14. The number of hydrogen-bond donors (Lipinski definition) is 1. The number of hydrogen-bond acceptors (Lipinski definition) is 6. The summed E-state index contributed by atoms with van der Waals surface area (Å²) in [5.41, 5.74) is 3.99. The molecule has 0 bridgehead atoms. The molecule has 1 heterocycles. The van der Waals surface area contributed by atoms with Gasteiger partial charge in [0.25, 0.3) is 5.91 Å². The molecule has 2 aromatic carbocycles. The largest absolute Gasteiger partial charge is 0.493 e. The van der Waals surface area contributed by atoms with Crippen molar-refractivity contribution in [3.63, 3.8) is 0 Å². The summed E-state index contributed by atoms with van der Waals surface area (Å²) in [5.74, 6) is 1.49. The molecule has 7 heteroatoms. The Balaban J connectivity index is 1.99. The van der Waals surface area contributed by atoms with Gasteiger partial charge in [-0.2, -0.15) is 0 Å². The van der Waals surface area contributed by atoms with Crippen molar-refractivity contribution in [1.29, 1.82) is 0 Å². The zero-order valence-corrected chi connectivity index (χ0v) is 16.7. The van der Waals surface area contributed by atoms with Crippen molar-refractivity contribution >= 4 is 28.3 Å². The van der Waals surface area contributed by atoms with Crippen LogP contribution < -0.4 is 14.8 Å². The maximum absolute atomic E-state index is 11.9. The maximum Gasteiger partial charge on any atom is 0.259 e. The van der Waals surface area contributed by atoms with E-state index < -0.39 is 0 Å². The smallest absolute Gasteiger partial charge is 0.259 e. The van der Waals surface area contributed by atoms with Crippen LogP contribution in [0.5, 0.6) is 11.5 Å². The third-order valence-electron chi connectivity index (χ3n) is 4.41. The van der Waals surface area contributed by atoms with Crippen LogP contribution in [0.15, 0.2) is 36.7 Å². The van der Waals surface area contributed by atoms with E-state index in [2.05, 4.69) is 28.3 Å². The number of fused-ring (bicyclic) bond motifs is 1. The van der Waals surface area contributed by atoms with Crippen molar-refractivity contribution in [2.24, 2.45) is 0 Å². The lowest BCUT2D eigenvalue weighted by Gasteiger charge is -2.16. The highest BCUT2D eigenvalue weighted by atomic mass is 16.5. The first-order valence-corrected chi connectivity index (χ1v) is 8.89. The van der Waals surface area contributed by atoms with Gasteiger partial charge in [0.1, 0.15) is 12.1 Å². The summed E-state index contributed by atoms with van der Waals surface area (Å²) in [6, 6.07) is 9.75. The molecule has 7 nitrogen and oxygen atoms in total. The molecule has 1 N–H and O–H groups in total. The van der Waals surface area contributed by atoms with Gasteiger partial charge in [-0.25, -0.2) is 9.97 Å². The number of anilines is 2. The quantitative estimate of drug-likeness (QED) is 0.706. The van der Waals surface area contributed by atoms with E-state index in [-0.39, 0.29) is 12.5 Å². The standard InChI is InChI=1S/C21H24N4O3/c1-13-6-7-16(14(2)8-13)24-21-15-9-19(28-11-20(26)25(3)4)18(27-5)10-17(15)22-12-23-21/h6-10,12H,11H2,1-5H3,(H,22,23,24). The molecule has 0 aliphatic rings. The van der Waals surface area contributed by atoms with Crippen molar-refractivity contribution < 1.29 is 14.3 Å². The average Bonchev–Trinajstić information content (AvgIpc) is 2.67. The fourth-order valence-electron chi connectivity index (χ4n) is 2.79. The topological polar surface area (TPSA) is 76.6 Å². The van der Waals surface area contributed by atoms with Crippen molar-refractivity contribution in [2.45, 2.75) is 13.8 Å². The van der Waals surface area contributed by atoms with E-state index in [4.69, 9.17) is 9.47 Å². The van der Waals surface area contributed by atoms with E-state index in [1.54, 1.807) is 33.3 Å². The molecule has 0 fully saturated rings. The van der Waals surface area contributed by atoms with Crippen molar-refractivity contribution in [3.05, 3.63) is 47.8 Å². The molecule has 0 saturated carbocycles. The minimum atomic E-state index is -0.139. The predicted molar refractivity (Wildman–Crippen MR) is 109 cm³/mol. The Morgan fingerprint density at radius 2 is 1.89 bits per heavy atom. The molecule has 0 radical (unpaired) electrons. The number of nitrogens with zero attached hydrogens (tertiary/aromatic N) is 3. The summed E-state index contributed by atoms with van der Waals surface area (Å²) in [6.45, 7) is 4.02. The molecule has 3 rings (SSSR count). The number of benzene rings is 2. The second-order valence-electron chi connectivity index (χ2n) is 6.76. The monoisotopic (exact) mass is 380 g/mol. The van der Waals surface area contributed by atoms with Crippen molar-refractivity contribution in [3.8, 4) is 11.5 Å². The zero-order valence-electron chi connectivity index (χ0n) is 16.7. The second-order valence-corrected chi connectivity index (χ2v) is 6.76. The highest BCUT2D eigenvalue weighted by Crippen LogP contribution is 2.35. The van der Waals surface area contributed by atoms with Crippen LogP contribution in [0.2, 0.25) is 0 Å². The minimum Gasteiger partial charge on any atom is -0.493 e. The van der Waals surface area contributed by atoms with Crippen LogP contribution in [0.3, 0.4) is 0 Å². The molecule has 0 atom stereocenters. The van der Waals surface area contributed by atoms with E-state index in [1.165, 1.54) is 16.8 Å². The lowest BCUT2D eigenvalue weighted by atomic mass is 10.1. The number of carbonyl (C=O) groups excluding carboxylic acids is 1. The van der Waals surface area contributed by atoms with Gasteiger partial charge < -0.3 is 19.7 Å². The number of methoxy groups -OCH3 is 1. The molecule has 0 saturated heterocycles. The van der Waals surface area contributed by atoms with Gasteiger partial charge in [0.15, 0.2) is 18.1 Å². The predicted octanol–water partition coefficient (Wildman–Crippen LogP) is 3.47. The molecule has 0 spiro atoms. The molecule has 1 aromatic heterocycles. The minimum absolute atomic E-state index is 0.0810. The van der Waals surface area contributed by atoms with Crippen LogP contribution in [0.4, 0.5) is 11.5 Å². The molecule has 1 amide bonds. The van der Waals surface area contributed by atoms with Gasteiger partial charge in [-0.05, 0) is 31.5 Å². The molecule has 0 aliphatic carbocycles. The van der Waals surface area contributed by atoms with E-state index in [0.29, 0.717) is 22.8 Å². The third kappa shape index (κ3) is 4.14. The van der Waals surface area contributed by atoms with Crippen LogP contribution in [-0.4, -0.2) is 48.6 Å². The number of likely N-dealkylation sites (N-methyl/N-ethyl adjacent to an activating group) is 1. The van der Waals surface area contributed by atoms with E-state index in [9.17, 15) is 4.79 Å². The van der Waals surface area contributed by atoms with Gasteiger partial charge in [0, 0.05) is 31.2 Å². The van der Waals surface area contributed by atoms with E-state index in [1.807, 2.05) is 19.1 Å². The molecular weight excluding hydrogens is 356 g/mol. The summed E-state index contributed by atoms with van der Waals surface area (Å²) in [7, 11) is 4.92. The molecule has 146 valence electrons.